The molecule has 0 radical (unpaired) electrons. The zero-order valence-electron chi connectivity index (χ0n) is 9.51. The minimum atomic E-state index is -4.87. The van der Waals surface area contributed by atoms with Gasteiger partial charge in [0.05, 0.1) is 5.37 Å². The first-order valence-corrected chi connectivity index (χ1v) is 9.34. The van der Waals surface area contributed by atoms with Crippen LogP contribution in [0, 0.1) is 11.8 Å². The normalized spacial score (nSPS) is 36.4. The van der Waals surface area contributed by atoms with Gasteiger partial charge in [-0.25, -0.2) is 0 Å². The molecular weight excluding hydrogens is 300 g/mol. The molecule has 106 valence electrons. The van der Waals surface area contributed by atoms with Crippen molar-refractivity contribution in [2.24, 2.45) is 11.8 Å². The molecule has 3 unspecified atom stereocenters. The molecule has 2 aliphatic rings. The maximum Gasteiger partial charge on any atom is 0.343 e. The van der Waals surface area contributed by atoms with Crippen molar-refractivity contribution in [2.75, 3.05) is 6.54 Å². The van der Waals surface area contributed by atoms with Gasteiger partial charge in [-0.1, -0.05) is 0 Å². The van der Waals surface area contributed by atoms with E-state index in [1.54, 1.807) is 0 Å². The third-order valence-corrected chi connectivity index (χ3v) is 8.93. The van der Waals surface area contributed by atoms with Crippen molar-refractivity contribution < 1.29 is 28.7 Å². The summed E-state index contributed by atoms with van der Waals surface area (Å²) >= 11 is 4.25. The van der Waals surface area contributed by atoms with E-state index in [0.29, 0.717) is 13.0 Å². The standard InChI is InChI=1S/C8H17NO6P2S/c10-16(11,12)8(17(13,14)15)2-5-1-7(18)9-4-6(5)3-8/h5-7,9,18H,1-4H2,(H2,10,11,12)(H2,13,14,15). The molecule has 3 atom stereocenters. The lowest BCUT2D eigenvalue weighted by Gasteiger charge is -2.30. The molecule has 0 bridgehead atoms. The van der Waals surface area contributed by atoms with E-state index < -0.39 is 20.1 Å². The predicted octanol–water partition coefficient (Wildman–Crippen LogP) is 0.313. The number of thiol groups is 1. The Bertz CT molecular complexity index is 411. The summed E-state index contributed by atoms with van der Waals surface area (Å²) in [4.78, 5) is 35.4. The van der Waals surface area contributed by atoms with Gasteiger partial charge in [-0.2, -0.15) is 12.6 Å². The van der Waals surface area contributed by atoms with Gasteiger partial charge in [0.25, 0.3) is 0 Å². The number of piperidine rings is 1. The van der Waals surface area contributed by atoms with Crippen LogP contribution in [0.25, 0.3) is 0 Å². The largest absolute Gasteiger partial charge is 0.343 e. The smallest absolute Gasteiger partial charge is 0.324 e. The summed E-state index contributed by atoms with van der Waals surface area (Å²) in [7, 11) is -9.75. The van der Waals surface area contributed by atoms with Crippen LogP contribution < -0.4 is 5.32 Å². The Morgan fingerprint density at radius 3 is 2.06 bits per heavy atom. The third-order valence-electron chi connectivity index (χ3n) is 4.07. The zero-order valence-corrected chi connectivity index (χ0v) is 12.2. The highest BCUT2D eigenvalue weighted by Gasteiger charge is 2.65. The van der Waals surface area contributed by atoms with Crippen LogP contribution >= 0.6 is 27.8 Å². The van der Waals surface area contributed by atoms with E-state index in [4.69, 9.17) is 0 Å². The number of fused-ring (bicyclic) bond motifs is 1. The van der Waals surface area contributed by atoms with Crippen molar-refractivity contribution in [3.8, 4) is 0 Å². The van der Waals surface area contributed by atoms with Gasteiger partial charge in [0.1, 0.15) is 0 Å². The first-order valence-electron chi connectivity index (χ1n) is 5.59. The molecule has 1 saturated carbocycles. The van der Waals surface area contributed by atoms with Crippen LogP contribution in [0.5, 0.6) is 0 Å². The fourth-order valence-corrected chi connectivity index (χ4v) is 6.70. The second kappa shape index (κ2) is 4.57. The Hall–Kier alpha value is 0.610. The highest BCUT2D eigenvalue weighted by molar-refractivity contribution is 7.80. The summed E-state index contributed by atoms with van der Waals surface area (Å²) < 4.78 is 23.2. The van der Waals surface area contributed by atoms with Gasteiger partial charge >= 0.3 is 15.2 Å². The molecule has 0 aromatic carbocycles. The predicted molar refractivity (Wildman–Crippen MR) is 68.4 cm³/mol. The van der Waals surface area contributed by atoms with Gasteiger partial charge in [-0.15, -0.1) is 0 Å². The zero-order chi connectivity index (χ0) is 13.8. The summed E-state index contributed by atoms with van der Waals surface area (Å²) in [5.74, 6) is -0.220. The minimum Gasteiger partial charge on any atom is -0.324 e. The SMILES string of the molecule is O=P(O)(O)C1(P(=O)(O)O)CC2CNC(S)CC2C1. The van der Waals surface area contributed by atoms with Crippen molar-refractivity contribution >= 4 is 27.8 Å². The lowest BCUT2D eigenvalue weighted by atomic mass is 9.90. The maximum atomic E-state index is 11.6. The van der Waals surface area contributed by atoms with Crippen LogP contribution in [-0.4, -0.2) is 36.4 Å². The number of nitrogens with one attached hydrogen (secondary N) is 1. The van der Waals surface area contributed by atoms with E-state index in [1.807, 2.05) is 0 Å². The molecule has 0 spiro atoms. The Morgan fingerprint density at radius 1 is 1.06 bits per heavy atom. The van der Waals surface area contributed by atoms with Crippen molar-refractivity contribution in [3.63, 3.8) is 0 Å². The molecule has 2 rings (SSSR count). The van der Waals surface area contributed by atoms with Gasteiger partial charge in [0.15, 0.2) is 4.90 Å². The molecule has 5 N–H and O–H groups in total. The lowest BCUT2D eigenvalue weighted by molar-refractivity contribution is 0.282. The highest BCUT2D eigenvalue weighted by atomic mass is 32.1. The van der Waals surface area contributed by atoms with Crippen LogP contribution in [0.3, 0.4) is 0 Å². The fraction of sp³-hybridized carbons (Fsp3) is 1.00. The molecule has 1 heterocycles. The molecule has 7 nitrogen and oxygen atoms in total. The number of hydrogen-bond acceptors (Lipinski definition) is 4. The van der Waals surface area contributed by atoms with Crippen LogP contribution in [0.15, 0.2) is 0 Å². The van der Waals surface area contributed by atoms with Gasteiger partial charge < -0.3 is 24.9 Å². The van der Waals surface area contributed by atoms with E-state index in [1.165, 1.54) is 0 Å². The van der Waals surface area contributed by atoms with Crippen molar-refractivity contribution in [3.05, 3.63) is 0 Å². The topological polar surface area (TPSA) is 127 Å². The molecule has 10 heteroatoms. The molecule has 1 aliphatic heterocycles. The molecule has 0 amide bonds. The van der Waals surface area contributed by atoms with E-state index in [9.17, 15) is 28.7 Å². The molecule has 0 aromatic rings. The van der Waals surface area contributed by atoms with Crippen molar-refractivity contribution in [1.82, 2.24) is 5.32 Å². The average Bonchev–Trinajstić information content (AvgIpc) is 2.55. The van der Waals surface area contributed by atoms with Crippen molar-refractivity contribution in [2.45, 2.75) is 29.5 Å². The highest BCUT2D eigenvalue weighted by Crippen LogP contribution is 2.76. The van der Waals surface area contributed by atoms with Gasteiger partial charge in [0, 0.05) is 0 Å². The summed E-state index contributed by atoms with van der Waals surface area (Å²) in [6.07, 6.45) is 0.292. The molecule has 0 aromatic heterocycles. The minimum absolute atomic E-state index is 0.0874. The summed E-state index contributed by atoms with van der Waals surface area (Å²) in [6.45, 7) is 0.487. The quantitative estimate of drug-likeness (QED) is 0.320. The monoisotopic (exact) mass is 317 g/mol. The molecule has 2 fully saturated rings. The van der Waals surface area contributed by atoms with E-state index in [-0.39, 0.29) is 30.1 Å². The fourth-order valence-electron chi connectivity index (χ4n) is 3.07. The van der Waals surface area contributed by atoms with Crippen LogP contribution in [0.4, 0.5) is 0 Å². The summed E-state index contributed by atoms with van der Waals surface area (Å²) in [5, 5.41) is 2.96. The summed E-state index contributed by atoms with van der Waals surface area (Å²) in [6, 6.07) is 0. The number of rotatable bonds is 2. The van der Waals surface area contributed by atoms with E-state index in [2.05, 4.69) is 17.9 Å². The van der Waals surface area contributed by atoms with Crippen LogP contribution in [-0.2, 0) is 9.13 Å². The third kappa shape index (κ3) is 2.34. The first kappa shape index (κ1) is 15.0. The van der Waals surface area contributed by atoms with Crippen molar-refractivity contribution in [1.29, 1.82) is 0 Å². The maximum absolute atomic E-state index is 11.6. The Labute approximate surface area is 110 Å². The van der Waals surface area contributed by atoms with E-state index in [0.717, 1.165) is 0 Å². The molecule has 18 heavy (non-hydrogen) atoms. The van der Waals surface area contributed by atoms with Gasteiger partial charge in [0.2, 0.25) is 0 Å². The molecule has 1 aliphatic carbocycles. The van der Waals surface area contributed by atoms with Gasteiger partial charge in [-0.3, -0.25) is 9.13 Å². The number of hydrogen-bond donors (Lipinski definition) is 6. The first-order chi connectivity index (χ1) is 8.07. The lowest BCUT2D eigenvalue weighted by Crippen LogP contribution is -2.38. The Kier molecular flexibility index (Phi) is 3.81. The van der Waals surface area contributed by atoms with Crippen LogP contribution in [0.2, 0.25) is 0 Å². The average molecular weight is 317 g/mol. The molecule has 1 saturated heterocycles. The Morgan fingerprint density at radius 2 is 1.56 bits per heavy atom. The van der Waals surface area contributed by atoms with Crippen LogP contribution in [0.1, 0.15) is 19.3 Å². The molecular formula is C8H17NO6P2S. The Balaban J connectivity index is 2.36. The second-order valence-corrected chi connectivity index (χ2v) is 10.0. The summed E-state index contributed by atoms with van der Waals surface area (Å²) in [5.41, 5.74) is 0. The van der Waals surface area contributed by atoms with Gasteiger partial charge in [-0.05, 0) is 37.6 Å². The second-order valence-electron chi connectivity index (χ2n) is 5.16. The van der Waals surface area contributed by atoms with E-state index >= 15 is 0 Å².